The fourth-order valence-electron chi connectivity index (χ4n) is 4.34. The van der Waals surface area contributed by atoms with Crippen molar-refractivity contribution in [2.45, 2.75) is 40.5 Å². The number of anilines is 2. The van der Waals surface area contributed by atoms with Gasteiger partial charge in [0.25, 0.3) is 0 Å². The lowest BCUT2D eigenvalue weighted by Crippen LogP contribution is -2.39. The Morgan fingerprint density at radius 3 is 2.42 bits per heavy atom. The van der Waals surface area contributed by atoms with E-state index in [9.17, 15) is 14.4 Å². The minimum atomic E-state index is -0.446. The second kappa shape index (κ2) is 9.33. The summed E-state index contributed by atoms with van der Waals surface area (Å²) in [5.41, 5.74) is 5.87. The van der Waals surface area contributed by atoms with E-state index in [1.807, 2.05) is 64.1 Å². The molecule has 0 bridgehead atoms. The smallest absolute Gasteiger partial charge is 0.243 e. The number of carbonyl (C=O) groups excluding carboxylic acids is 3. The Morgan fingerprint density at radius 2 is 1.77 bits per heavy atom. The normalized spacial score (nSPS) is 15.8. The van der Waals surface area contributed by atoms with Crippen molar-refractivity contribution >= 4 is 29.1 Å². The van der Waals surface area contributed by atoms with Crippen LogP contribution in [0.5, 0.6) is 0 Å². The summed E-state index contributed by atoms with van der Waals surface area (Å²) in [5.74, 6) is -0.929. The third kappa shape index (κ3) is 4.95. The number of amides is 3. The number of para-hydroxylation sites is 1. The molecular formula is C25H31N3O3. The Labute approximate surface area is 184 Å². The van der Waals surface area contributed by atoms with E-state index in [-0.39, 0.29) is 30.7 Å². The number of aryl methyl sites for hydroxylation is 4. The zero-order valence-corrected chi connectivity index (χ0v) is 19.0. The summed E-state index contributed by atoms with van der Waals surface area (Å²) in [7, 11) is 1.61. The maximum Gasteiger partial charge on any atom is 0.243 e. The summed E-state index contributed by atoms with van der Waals surface area (Å²) < 4.78 is 0. The van der Waals surface area contributed by atoms with Crippen molar-refractivity contribution in [1.82, 2.24) is 4.90 Å². The monoisotopic (exact) mass is 421 g/mol. The summed E-state index contributed by atoms with van der Waals surface area (Å²) >= 11 is 0. The van der Waals surface area contributed by atoms with Crippen molar-refractivity contribution in [2.75, 3.05) is 30.4 Å². The number of nitrogens with one attached hydrogen (secondary N) is 1. The molecule has 6 heteroatoms. The molecule has 0 aliphatic carbocycles. The van der Waals surface area contributed by atoms with Gasteiger partial charge < -0.3 is 15.1 Å². The fourth-order valence-corrected chi connectivity index (χ4v) is 4.34. The van der Waals surface area contributed by atoms with Crippen LogP contribution in [0, 0.1) is 26.7 Å². The molecular weight excluding hydrogens is 390 g/mol. The van der Waals surface area contributed by atoms with Gasteiger partial charge in [-0.2, -0.15) is 0 Å². The van der Waals surface area contributed by atoms with E-state index < -0.39 is 5.92 Å². The number of nitrogens with zero attached hydrogens (tertiary/aromatic N) is 2. The first-order valence-corrected chi connectivity index (χ1v) is 10.7. The molecule has 0 radical (unpaired) electrons. The molecule has 0 saturated carbocycles. The van der Waals surface area contributed by atoms with Gasteiger partial charge >= 0.3 is 0 Å². The summed E-state index contributed by atoms with van der Waals surface area (Å²) in [5, 5.41) is 2.93. The van der Waals surface area contributed by atoms with Gasteiger partial charge in [-0.05, 0) is 49.9 Å². The van der Waals surface area contributed by atoms with Crippen LogP contribution in [-0.4, -0.2) is 42.8 Å². The lowest BCUT2D eigenvalue weighted by atomic mass is 10.0. The highest BCUT2D eigenvalue weighted by Crippen LogP contribution is 2.29. The summed E-state index contributed by atoms with van der Waals surface area (Å²) in [6, 6.07) is 11.8. The molecule has 164 valence electrons. The third-order valence-electron chi connectivity index (χ3n) is 5.84. The van der Waals surface area contributed by atoms with Gasteiger partial charge in [0.05, 0.1) is 12.5 Å². The predicted molar refractivity (Wildman–Crippen MR) is 123 cm³/mol. The Kier molecular flexibility index (Phi) is 6.78. The van der Waals surface area contributed by atoms with Crippen LogP contribution in [-0.2, 0) is 20.8 Å². The van der Waals surface area contributed by atoms with Gasteiger partial charge in [0.15, 0.2) is 0 Å². The van der Waals surface area contributed by atoms with E-state index in [0.717, 1.165) is 40.0 Å². The zero-order chi connectivity index (χ0) is 22.7. The Morgan fingerprint density at radius 1 is 1.13 bits per heavy atom. The minimum Gasteiger partial charge on any atom is -0.336 e. The number of rotatable bonds is 6. The van der Waals surface area contributed by atoms with E-state index in [1.54, 1.807) is 11.9 Å². The highest BCUT2D eigenvalue weighted by atomic mass is 16.2. The number of likely N-dealkylation sites (N-methyl/N-ethyl adjacent to an activating group) is 1. The third-order valence-corrected chi connectivity index (χ3v) is 5.84. The van der Waals surface area contributed by atoms with Crippen LogP contribution in [0.3, 0.4) is 0 Å². The minimum absolute atomic E-state index is 0.0528. The van der Waals surface area contributed by atoms with Gasteiger partial charge in [-0.25, -0.2) is 0 Å². The van der Waals surface area contributed by atoms with Crippen molar-refractivity contribution in [1.29, 1.82) is 0 Å². The molecule has 0 aromatic heterocycles. The number of hydrogen-bond donors (Lipinski definition) is 1. The second-order valence-electron chi connectivity index (χ2n) is 8.40. The predicted octanol–water partition coefficient (Wildman–Crippen LogP) is 3.62. The van der Waals surface area contributed by atoms with Crippen LogP contribution in [0.25, 0.3) is 0 Å². The maximum atomic E-state index is 13.0. The lowest BCUT2D eigenvalue weighted by molar-refractivity contribution is -0.137. The first-order valence-electron chi connectivity index (χ1n) is 10.7. The van der Waals surface area contributed by atoms with Crippen LogP contribution >= 0.6 is 0 Å². The highest BCUT2D eigenvalue weighted by Gasteiger charge is 2.37. The van der Waals surface area contributed by atoms with E-state index >= 15 is 0 Å². The van der Waals surface area contributed by atoms with Gasteiger partial charge in [0.2, 0.25) is 17.7 Å². The van der Waals surface area contributed by atoms with Crippen molar-refractivity contribution in [3.63, 3.8) is 0 Å². The van der Waals surface area contributed by atoms with Crippen molar-refractivity contribution < 1.29 is 14.4 Å². The molecule has 2 aromatic rings. The molecule has 31 heavy (non-hydrogen) atoms. The van der Waals surface area contributed by atoms with Crippen LogP contribution < -0.4 is 10.2 Å². The average molecular weight is 422 g/mol. The standard InChI is InChI=1S/C25H31N3O3/c1-6-19-9-7-8-10-21(19)28-14-20(13-23(28)30)25(31)27(5)15-22(29)26-24-17(3)11-16(2)12-18(24)4/h7-12,20H,6,13-15H2,1-5H3,(H,26,29). The van der Waals surface area contributed by atoms with Gasteiger partial charge in [0.1, 0.15) is 0 Å². The van der Waals surface area contributed by atoms with Crippen LogP contribution in [0.1, 0.15) is 35.6 Å². The van der Waals surface area contributed by atoms with Crippen molar-refractivity contribution in [3.05, 3.63) is 58.7 Å². The molecule has 1 saturated heterocycles. The molecule has 3 amide bonds. The van der Waals surface area contributed by atoms with Crippen LogP contribution in [0.15, 0.2) is 36.4 Å². The molecule has 1 aliphatic rings. The van der Waals surface area contributed by atoms with Crippen molar-refractivity contribution in [2.24, 2.45) is 5.92 Å². The summed E-state index contributed by atoms with van der Waals surface area (Å²) in [6.07, 6.45) is 0.982. The average Bonchev–Trinajstić information content (AvgIpc) is 3.11. The van der Waals surface area contributed by atoms with Gasteiger partial charge in [0, 0.05) is 31.4 Å². The quantitative estimate of drug-likeness (QED) is 0.774. The highest BCUT2D eigenvalue weighted by molar-refractivity contribution is 6.02. The molecule has 3 rings (SSSR count). The molecule has 1 unspecified atom stereocenters. The first-order chi connectivity index (χ1) is 14.7. The van der Waals surface area contributed by atoms with E-state index in [1.165, 1.54) is 4.90 Å². The topological polar surface area (TPSA) is 69.7 Å². The number of carbonyl (C=O) groups is 3. The molecule has 1 aliphatic heterocycles. The van der Waals surface area contributed by atoms with E-state index in [4.69, 9.17) is 0 Å². The second-order valence-corrected chi connectivity index (χ2v) is 8.40. The maximum absolute atomic E-state index is 13.0. The van der Waals surface area contributed by atoms with Gasteiger partial charge in [-0.1, -0.05) is 42.8 Å². The molecule has 1 fully saturated rings. The Bertz CT molecular complexity index is 992. The Balaban J connectivity index is 1.64. The summed E-state index contributed by atoms with van der Waals surface area (Å²) in [6.45, 7) is 8.27. The molecule has 1 atom stereocenters. The summed E-state index contributed by atoms with van der Waals surface area (Å²) in [4.78, 5) is 41.3. The molecule has 1 heterocycles. The Hall–Kier alpha value is -3.15. The van der Waals surface area contributed by atoms with Crippen LogP contribution in [0.4, 0.5) is 11.4 Å². The SMILES string of the molecule is CCc1ccccc1N1CC(C(=O)N(C)CC(=O)Nc2c(C)cc(C)cc2C)CC1=O. The lowest BCUT2D eigenvalue weighted by Gasteiger charge is -2.22. The van der Waals surface area contributed by atoms with Gasteiger partial charge in [-0.15, -0.1) is 0 Å². The van der Waals surface area contributed by atoms with Gasteiger partial charge in [-0.3, -0.25) is 14.4 Å². The fraction of sp³-hybridized carbons (Fsp3) is 0.400. The molecule has 1 N–H and O–H groups in total. The van der Waals surface area contributed by atoms with Crippen molar-refractivity contribution in [3.8, 4) is 0 Å². The molecule has 6 nitrogen and oxygen atoms in total. The van der Waals surface area contributed by atoms with Crippen LogP contribution in [0.2, 0.25) is 0 Å². The first kappa shape index (κ1) is 22.5. The number of hydrogen-bond acceptors (Lipinski definition) is 3. The molecule has 2 aromatic carbocycles. The largest absolute Gasteiger partial charge is 0.336 e. The number of benzene rings is 2. The van der Waals surface area contributed by atoms with E-state index in [0.29, 0.717) is 6.54 Å². The molecule has 0 spiro atoms. The van der Waals surface area contributed by atoms with E-state index in [2.05, 4.69) is 5.32 Å². The zero-order valence-electron chi connectivity index (χ0n) is 19.0.